The fraction of sp³-hybridized carbons (Fsp3) is 0.562. The van der Waals surface area contributed by atoms with Gasteiger partial charge in [0.05, 0.1) is 4.90 Å². The summed E-state index contributed by atoms with van der Waals surface area (Å²) in [5, 5.41) is 0. The van der Waals surface area contributed by atoms with E-state index in [1.165, 1.54) is 25.7 Å². The van der Waals surface area contributed by atoms with Crippen LogP contribution >= 0.6 is 0 Å². The Bertz CT molecular complexity index is 644. The summed E-state index contributed by atoms with van der Waals surface area (Å²) in [7, 11) is -3.40. The molecule has 1 aliphatic heterocycles. The van der Waals surface area contributed by atoms with Crippen molar-refractivity contribution < 1.29 is 8.42 Å². The first-order valence-corrected chi connectivity index (χ1v) is 9.21. The highest BCUT2D eigenvalue weighted by Gasteiger charge is 2.30. The minimum Gasteiger partial charge on any atom is -0.267 e. The van der Waals surface area contributed by atoms with Gasteiger partial charge in [-0.1, -0.05) is 44.7 Å². The number of benzene rings is 1. The average molecular weight is 306 g/mol. The molecule has 0 aromatic heterocycles. The molecule has 1 aromatic rings. The van der Waals surface area contributed by atoms with Gasteiger partial charge >= 0.3 is 0 Å². The summed E-state index contributed by atoms with van der Waals surface area (Å²) in [6.45, 7) is 3.02. The van der Waals surface area contributed by atoms with Crippen LogP contribution < -0.4 is 4.72 Å². The van der Waals surface area contributed by atoms with Crippen LogP contribution in [0.25, 0.3) is 0 Å². The van der Waals surface area contributed by atoms with Crippen molar-refractivity contribution >= 4 is 15.9 Å². The molecular formula is C16H22N2O2S. The molecule has 0 atom stereocenters. The predicted molar refractivity (Wildman–Crippen MR) is 83.9 cm³/mol. The summed E-state index contributed by atoms with van der Waals surface area (Å²) >= 11 is 0. The lowest BCUT2D eigenvalue weighted by Gasteiger charge is -2.25. The topological polar surface area (TPSA) is 58.5 Å². The molecule has 0 spiro atoms. The molecule has 1 saturated carbocycles. The number of sulfonamides is 1. The van der Waals surface area contributed by atoms with Gasteiger partial charge in [0, 0.05) is 12.1 Å². The van der Waals surface area contributed by atoms with E-state index >= 15 is 0 Å². The van der Waals surface area contributed by atoms with Crippen LogP contribution in [0.2, 0.25) is 0 Å². The molecule has 5 heteroatoms. The van der Waals surface area contributed by atoms with Gasteiger partial charge in [-0.05, 0) is 30.4 Å². The van der Waals surface area contributed by atoms with E-state index in [1.807, 2.05) is 12.1 Å². The summed E-state index contributed by atoms with van der Waals surface area (Å²) in [5.41, 5.74) is 0.703. The third-order valence-corrected chi connectivity index (χ3v) is 6.00. The summed E-state index contributed by atoms with van der Waals surface area (Å²) < 4.78 is 26.5. The van der Waals surface area contributed by atoms with Crippen LogP contribution in [-0.4, -0.2) is 20.8 Å². The van der Waals surface area contributed by atoms with E-state index in [0.717, 1.165) is 18.3 Å². The Morgan fingerprint density at radius 2 is 1.90 bits per heavy atom. The molecule has 0 bridgehead atoms. The van der Waals surface area contributed by atoms with Crippen molar-refractivity contribution in [1.82, 2.24) is 4.72 Å². The molecule has 1 heterocycles. The maximum Gasteiger partial charge on any atom is 0.263 e. The minimum absolute atomic E-state index is 0.343. The van der Waals surface area contributed by atoms with Crippen LogP contribution in [-0.2, 0) is 10.0 Å². The number of aliphatic imine (C=N–C) groups is 1. The molecule has 1 fully saturated rings. The molecule has 0 saturated heterocycles. The maximum atomic E-state index is 12.0. The van der Waals surface area contributed by atoms with Crippen molar-refractivity contribution in [3.05, 3.63) is 29.8 Å². The molecule has 4 nitrogen and oxygen atoms in total. The van der Waals surface area contributed by atoms with Gasteiger partial charge in [-0.25, -0.2) is 8.42 Å². The van der Waals surface area contributed by atoms with E-state index in [9.17, 15) is 8.42 Å². The van der Waals surface area contributed by atoms with Crippen molar-refractivity contribution in [1.29, 1.82) is 0 Å². The fourth-order valence-corrected chi connectivity index (χ4v) is 4.48. The van der Waals surface area contributed by atoms with Gasteiger partial charge in [-0.15, -0.1) is 0 Å². The number of amidine groups is 1. The third kappa shape index (κ3) is 3.12. The maximum absolute atomic E-state index is 12.0. The first-order chi connectivity index (χ1) is 10.1. The number of rotatable bonds is 3. The van der Waals surface area contributed by atoms with Crippen LogP contribution in [0.3, 0.4) is 0 Å². The molecule has 114 valence electrons. The van der Waals surface area contributed by atoms with Crippen molar-refractivity contribution in [2.75, 3.05) is 6.54 Å². The van der Waals surface area contributed by atoms with Crippen molar-refractivity contribution in [2.45, 2.75) is 43.9 Å². The molecule has 0 unspecified atom stereocenters. The first kappa shape index (κ1) is 14.6. The van der Waals surface area contributed by atoms with E-state index in [-0.39, 0.29) is 0 Å². The lowest BCUT2D eigenvalue weighted by atomic mass is 9.81. The average Bonchev–Trinajstić information content (AvgIpc) is 2.73. The van der Waals surface area contributed by atoms with E-state index in [1.54, 1.807) is 12.1 Å². The molecular weight excluding hydrogens is 284 g/mol. The zero-order valence-corrected chi connectivity index (χ0v) is 13.2. The predicted octanol–water partition coefficient (Wildman–Crippen LogP) is 2.94. The second-order valence-corrected chi connectivity index (χ2v) is 7.90. The lowest BCUT2D eigenvalue weighted by Crippen LogP contribution is -2.22. The smallest absolute Gasteiger partial charge is 0.263 e. The van der Waals surface area contributed by atoms with Gasteiger partial charge in [0.1, 0.15) is 5.84 Å². The Kier molecular flexibility index (Phi) is 4.02. The van der Waals surface area contributed by atoms with Gasteiger partial charge in [0.25, 0.3) is 10.0 Å². The highest BCUT2D eigenvalue weighted by molar-refractivity contribution is 7.90. The second kappa shape index (κ2) is 5.79. The second-order valence-electron chi connectivity index (χ2n) is 6.25. The molecule has 2 aliphatic rings. The highest BCUT2D eigenvalue weighted by atomic mass is 32.2. The molecule has 1 aliphatic carbocycles. The summed E-state index contributed by atoms with van der Waals surface area (Å²) in [5.74, 6) is 2.12. The van der Waals surface area contributed by atoms with Gasteiger partial charge in [0.2, 0.25) is 0 Å². The molecule has 1 aromatic carbocycles. The number of nitrogens with zero attached hydrogens (tertiary/aromatic N) is 1. The van der Waals surface area contributed by atoms with Crippen LogP contribution in [0.4, 0.5) is 0 Å². The monoisotopic (exact) mass is 306 g/mol. The molecule has 1 N–H and O–H groups in total. The summed E-state index contributed by atoms with van der Waals surface area (Å²) in [6, 6.07) is 7.03. The van der Waals surface area contributed by atoms with Crippen molar-refractivity contribution in [2.24, 2.45) is 16.8 Å². The lowest BCUT2D eigenvalue weighted by molar-refractivity contribution is 0.280. The van der Waals surface area contributed by atoms with Gasteiger partial charge < -0.3 is 0 Å². The van der Waals surface area contributed by atoms with Crippen LogP contribution in [0.5, 0.6) is 0 Å². The van der Waals surface area contributed by atoms with Gasteiger partial charge in [0.15, 0.2) is 0 Å². The standard InChI is InChI=1S/C16H22N2O2S/c1-12-6-8-13(9-7-12)10-11-17-16-14-4-2-3-5-15(14)21(19,20)18-16/h2-5,12-13H,6-11H2,1H3,(H,17,18). The van der Waals surface area contributed by atoms with E-state index < -0.39 is 10.0 Å². The number of hydrogen-bond acceptors (Lipinski definition) is 3. The Morgan fingerprint density at radius 3 is 2.67 bits per heavy atom. The number of hydrogen-bond donors (Lipinski definition) is 1. The molecule has 21 heavy (non-hydrogen) atoms. The van der Waals surface area contributed by atoms with Crippen molar-refractivity contribution in [3.8, 4) is 0 Å². The highest BCUT2D eigenvalue weighted by Crippen LogP contribution is 2.30. The largest absolute Gasteiger partial charge is 0.267 e. The minimum atomic E-state index is -3.40. The number of fused-ring (bicyclic) bond motifs is 1. The number of nitrogens with one attached hydrogen (secondary N) is 1. The third-order valence-electron chi connectivity index (χ3n) is 4.61. The van der Waals surface area contributed by atoms with Crippen LogP contribution in [0.1, 0.15) is 44.6 Å². The van der Waals surface area contributed by atoms with Crippen molar-refractivity contribution in [3.63, 3.8) is 0 Å². The van der Waals surface area contributed by atoms with Crippen LogP contribution in [0.15, 0.2) is 34.2 Å². The summed E-state index contributed by atoms with van der Waals surface area (Å²) in [4.78, 5) is 4.84. The molecule has 0 radical (unpaired) electrons. The van der Waals surface area contributed by atoms with E-state index in [0.29, 0.717) is 22.8 Å². The Balaban J connectivity index is 1.66. The van der Waals surface area contributed by atoms with Crippen LogP contribution in [0, 0.1) is 11.8 Å². The molecule has 3 rings (SSSR count). The Labute approximate surface area is 126 Å². The van der Waals surface area contributed by atoms with E-state index in [2.05, 4.69) is 16.6 Å². The zero-order valence-electron chi connectivity index (χ0n) is 12.4. The Morgan fingerprint density at radius 1 is 1.19 bits per heavy atom. The van der Waals surface area contributed by atoms with Gasteiger partial charge in [-0.2, -0.15) is 0 Å². The first-order valence-electron chi connectivity index (χ1n) is 7.73. The summed E-state index contributed by atoms with van der Waals surface area (Å²) in [6.07, 6.45) is 6.26. The van der Waals surface area contributed by atoms with Gasteiger partial charge in [-0.3, -0.25) is 9.71 Å². The fourth-order valence-electron chi connectivity index (χ4n) is 3.23. The Hall–Kier alpha value is -1.36. The van der Waals surface area contributed by atoms with E-state index in [4.69, 9.17) is 0 Å². The quantitative estimate of drug-likeness (QED) is 0.933. The normalized spacial score (nSPS) is 29.1. The SMILES string of the molecule is CC1CCC(CCN=C2NS(=O)(=O)c3ccccc32)CC1. The molecule has 0 amide bonds. The zero-order chi connectivity index (χ0) is 14.9.